The molecule has 1 saturated carbocycles. The number of hydrogen-bond acceptors (Lipinski definition) is 4. The lowest BCUT2D eigenvalue weighted by atomic mass is 9.82. The van der Waals surface area contributed by atoms with Gasteiger partial charge in [0.05, 0.1) is 11.4 Å². The van der Waals surface area contributed by atoms with E-state index in [1.54, 1.807) is 10.9 Å². The van der Waals surface area contributed by atoms with Crippen molar-refractivity contribution in [3.8, 4) is 5.69 Å². The molecule has 1 amide bonds. The van der Waals surface area contributed by atoms with Crippen LogP contribution < -0.4 is 0 Å². The van der Waals surface area contributed by atoms with Crippen molar-refractivity contribution in [1.82, 2.24) is 24.9 Å². The zero-order valence-corrected chi connectivity index (χ0v) is 15.5. The molecule has 2 fully saturated rings. The first-order valence-corrected chi connectivity index (χ1v) is 9.77. The predicted octanol–water partition coefficient (Wildman–Crippen LogP) is 3.39. The van der Waals surface area contributed by atoms with Crippen LogP contribution >= 0.6 is 0 Å². The fourth-order valence-corrected chi connectivity index (χ4v) is 4.77. The third-order valence-electron chi connectivity index (χ3n) is 6.25. The van der Waals surface area contributed by atoms with Crippen molar-refractivity contribution in [2.45, 2.75) is 32.6 Å². The molecule has 2 aliphatic rings. The summed E-state index contributed by atoms with van der Waals surface area (Å²) in [6.45, 7) is 3.67. The maximum Gasteiger partial charge on any atom is 0.276 e. The van der Waals surface area contributed by atoms with E-state index in [4.69, 9.17) is 0 Å². The van der Waals surface area contributed by atoms with Gasteiger partial charge < -0.3 is 4.90 Å². The van der Waals surface area contributed by atoms with Crippen LogP contribution in [0.25, 0.3) is 16.5 Å². The third kappa shape index (κ3) is 2.71. The Kier molecular flexibility index (Phi) is 3.92. The Bertz CT molecular complexity index is 991. The molecule has 0 N–H and O–H groups in total. The fourth-order valence-electron chi connectivity index (χ4n) is 4.77. The number of aromatic nitrogens is 4. The second kappa shape index (κ2) is 6.44. The Balaban J connectivity index is 1.47. The van der Waals surface area contributed by atoms with Crippen molar-refractivity contribution < 1.29 is 4.79 Å². The van der Waals surface area contributed by atoms with Crippen LogP contribution in [0, 0.1) is 18.8 Å². The second-order valence-corrected chi connectivity index (χ2v) is 7.82. The quantitative estimate of drug-likeness (QED) is 0.702. The molecule has 138 valence electrons. The molecule has 6 nitrogen and oxygen atoms in total. The minimum Gasteiger partial charge on any atom is -0.337 e. The Labute approximate surface area is 158 Å². The molecule has 2 atom stereocenters. The summed E-state index contributed by atoms with van der Waals surface area (Å²) in [5.41, 5.74) is 2.19. The first kappa shape index (κ1) is 16.4. The molecule has 0 radical (unpaired) electrons. The average Bonchev–Trinajstić information content (AvgIpc) is 3.30. The molecule has 1 aliphatic carbocycles. The van der Waals surface area contributed by atoms with E-state index >= 15 is 0 Å². The molecule has 2 aromatic heterocycles. The number of likely N-dealkylation sites (tertiary alicyclic amines) is 1. The monoisotopic (exact) mass is 361 g/mol. The van der Waals surface area contributed by atoms with Gasteiger partial charge in [-0.25, -0.2) is 4.68 Å². The highest BCUT2D eigenvalue weighted by atomic mass is 16.2. The topological polar surface area (TPSA) is 63.9 Å². The van der Waals surface area contributed by atoms with Crippen LogP contribution in [0.15, 0.2) is 36.7 Å². The van der Waals surface area contributed by atoms with E-state index < -0.39 is 0 Å². The Hall–Kier alpha value is -2.76. The average molecular weight is 361 g/mol. The number of hydrogen-bond donors (Lipinski definition) is 0. The summed E-state index contributed by atoms with van der Waals surface area (Å²) in [4.78, 5) is 19.3. The number of pyridine rings is 1. The van der Waals surface area contributed by atoms with Crippen LogP contribution in [-0.2, 0) is 0 Å². The molecule has 5 rings (SSSR count). The maximum absolute atomic E-state index is 13.1. The lowest BCUT2D eigenvalue weighted by molar-refractivity contribution is 0.0777. The molecule has 3 aromatic rings. The highest BCUT2D eigenvalue weighted by Gasteiger charge is 2.38. The van der Waals surface area contributed by atoms with E-state index in [1.807, 2.05) is 42.3 Å². The van der Waals surface area contributed by atoms with Crippen molar-refractivity contribution in [1.29, 1.82) is 0 Å². The van der Waals surface area contributed by atoms with Gasteiger partial charge in [-0.3, -0.25) is 9.78 Å². The second-order valence-electron chi connectivity index (χ2n) is 7.82. The minimum absolute atomic E-state index is 0.0232. The van der Waals surface area contributed by atoms with E-state index in [-0.39, 0.29) is 5.91 Å². The van der Waals surface area contributed by atoms with Crippen LogP contribution in [0.1, 0.15) is 41.9 Å². The zero-order chi connectivity index (χ0) is 18.4. The van der Waals surface area contributed by atoms with Gasteiger partial charge in [-0.15, -0.1) is 5.10 Å². The number of amides is 1. The van der Waals surface area contributed by atoms with Gasteiger partial charge in [0.25, 0.3) is 5.91 Å². The van der Waals surface area contributed by atoms with Crippen molar-refractivity contribution in [2.75, 3.05) is 13.1 Å². The Morgan fingerprint density at radius 2 is 1.89 bits per heavy atom. The number of benzene rings is 1. The Morgan fingerprint density at radius 3 is 2.67 bits per heavy atom. The normalized spacial score (nSPS) is 22.2. The smallest absolute Gasteiger partial charge is 0.276 e. The molecule has 2 unspecified atom stereocenters. The SMILES string of the molecule is Cc1c(C(=O)N2CC3CCCCC3C2)nnn1-c1cccc2cnccc12. The van der Waals surface area contributed by atoms with Gasteiger partial charge in [-0.1, -0.05) is 30.2 Å². The fraction of sp³-hybridized carbons (Fsp3) is 0.429. The molecule has 6 heteroatoms. The van der Waals surface area contributed by atoms with Gasteiger partial charge in [-0.05, 0) is 43.7 Å². The van der Waals surface area contributed by atoms with Crippen LogP contribution in [-0.4, -0.2) is 43.9 Å². The lowest BCUT2D eigenvalue weighted by Gasteiger charge is -2.22. The molecule has 3 heterocycles. The van der Waals surface area contributed by atoms with Gasteiger partial charge in [-0.2, -0.15) is 0 Å². The van der Waals surface area contributed by atoms with Crippen LogP contribution in [0.5, 0.6) is 0 Å². The summed E-state index contributed by atoms with van der Waals surface area (Å²) >= 11 is 0. The van der Waals surface area contributed by atoms with E-state index in [0.717, 1.165) is 35.2 Å². The molecular formula is C21H23N5O. The molecular weight excluding hydrogens is 338 g/mol. The summed E-state index contributed by atoms with van der Waals surface area (Å²) in [5, 5.41) is 10.7. The Morgan fingerprint density at radius 1 is 1.11 bits per heavy atom. The van der Waals surface area contributed by atoms with E-state index in [9.17, 15) is 4.79 Å². The molecule has 1 aromatic carbocycles. The van der Waals surface area contributed by atoms with Gasteiger partial charge in [0.2, 0.25) is 0 Å². The van der Waals surface area contributed by atoms with Crippen molar-refractivity contribution in [2.24, 2.45) is 11.8 Å². The third-order valence-corrected chi connectivity index (χ3v) is 6.25. The number of nitrogens with zero attached hydrogens (tertiary/aromatic N) is 5. The molecule has 1 aliphatic heterocycles. The van der Waals surface area contributed by atoms with Crippen molar-refractivity contribution >= 4 is 16.7 Å². The van der Waals surface area contributed by atoms with Gasteiger partial charge in [0, 0.05) is 36.3 Å². The molecule has 27 heavy (non-hydrogen) atoms. The zero-order valence-electron chi connectivity index (χ0n) is 15.5. The standard InChI is InChI=1S/C21H23N5O/c1-14-20(21(27)25-12-16-5-2-3-6-17(16)13-25)23-24-26(14)19-8-4-7-15-11-22-10-9-18(15)19/h4,7-11,16-17H,2-3,5-6,12-13H2,1H3. The number of carbonyl (C=O) groups is 1. The summed E-state index contributed by atoms with van der Waals surface area (Å²) in [6, 6.07) is 7.98. The van der Waals surface area contributed by atoms with Crippen LogP contribution in [0.4, 0.5) is 0 Å². The number of rotatable bonds is 2. The molecule has 1 saturated heterocycles. The number of carbonyl (C=O) groups excluding carboxylic acids is 1. The van der Waals surface area contributed by atoms with Gasteiger partial charge in [0.1, 0.15) is 0 Å². The van der Waals surface area contributed by atoms with Crippen molar-refractivity contribution in [3.05, 3.63) is 48.0 Å². The molecule has 0 bridgehead atoms. The van der Waals surface area contributed by atoms with Crippen LogP contribution in [0.2, 0.25) is 0 Å². The first-order chi connectivity index (χ1) is 13.2. The minimum atomic E-state index is 0.0232. The molecule has 0 spiro atoms. The highest BCUT2D eigenvalue weighted by Crippen LogP contribution is 2.36. The summed E-state index contributed by atoms with van der Waals surface area (Å²) in [5.74, 6) is 1.36. The van der Waals surface area contributed by atoms with Gasteiger partial charge in [0.15, 0.2) is 5.69 Å². The maximum atomic E-state index is 13.1. The first-order valence-electron chi connectivity index (χ1n) is 9.77. The van der Waals surface area contributed by atoms with Crippen molar-refractivity contribution in [3.63, 3.8) is 0 Å². The van der Waals surface area contributed by atoms with E-state index in [2.05, 4.69) is 15.3 Å². The van der Waals surface area contributed by atoms with E-state index in [1.165, 1.54) is 25.7 Å². The summed E-state index contributed by atoms with van der Waals surface area (Å²) in [6.07, 6.45) is 8.72. The lowest BCUT2D eigenvalue weighted by Crippen LogP contribution is -2.30. The summed E-state index contributed by atoms with van der Waals surface area (Å²) in [7, 11) is 0. The van der Waals surface area contributed by atoms with Crippen LogP contribution in [0.3, 0.4) is 0 Å². The predicted molar refractivity (Wildman–Crippen MR) is 103 cm³/mol. The van der Waals surface area contributed by atoms with Gasteiger partial charge >= 0.3 is 0 Å². The largest absolute Gasteiger partial charge is 0.337 e. The highest BCUT2D eigenvalue weighted by molar-refractivity contribution is 5.94. The van der Waals surface area contributed by atoms with E-state index in [0.29, 0.717) is 17.5 Å². The number of fused-ring (bicyclic) bond motifs is 2. The summed E-state index contributed by atoms with van der Waals surface area (Å²) < 4.78 is 1.78.